The Morgan fingerprint density at radius 1 is 1.30 bits per heavy atom. The van der Waals surface area contributed by atoms with E-state index in [0.29, 0.717) is 23.9 Å². The maximum atomic E-state index is 9.23. The van der Waals surface area contributed by atoms with Crippen LogP contribution in [0, 0.1) is 0 Å². The zero-order chi connectivity index (χ0) is 14.4. The Morgan fingerprint density at radius 3 is 2.70 bits per heavy atom. The van der Waals surface area contributed by atoms with E-state index < -0.39 is 0 Å². The molecule has 0 saturated heterocycles. The lowest BCUT2D eigenvalue weighted by atomic mass is 10.2. The molecule has 0 bridgehead atoms. The molecule has 1 aromatic carbocycles. The highest BCUT2D eigenvalue weighted by Crippen LogP contribution is 2.15. The first kappa shape index (κ1) is 14.8. The summed E-state index contributed by atoms with van der Waals surface area (Å²) in [6.45, 7) is 3.10. The van der Waals surface area contributed by atoms with Crippen molar-refractivity contribution in [2.75, 3.05) is 6.61 Å². The van der Waals surface area contributed by atoms with Crippen molar-refractivity contribution < 1.29 is 9.84 Å². The average Bonchev–Trinajstić information content (AvgIpc) is 2.84. The molecule has 0 spiro atoms. The zero-order valence-corrected chi connectivity index (χ0v) is 12.2. The van der Waals surface area contributed by atoms with E-state index in [1.165, 1.54) is 0 Å². The van der Waals surface area contributed by atoms with Gasteiger partial charge in [-0.15, -0.1) is 5.10 Å². The third kappa shape index (κ3) is 3.71. The maximum absolute atomic E-state index is 9.23. The van der Waals surface area contributed by atoms with E-state index in [4.69, 9.17) is 16.3 Å². The van der Waals surface area contributed by atoms with Crippen LogP contribution >= 0.6 is 11.6 Å². The second-order valence-electron chi connectivity index (χ2n) is 4.42. The number of aliphatic hydroxyl groups excluding tert-OH is 1. The van der Waals surface area contributed by atoms with Crippen molar-refractivity contribution in [3.05, 3.63) is 40.7 Å². The minimum Gasteiger partial charge on any atom is -0.492 e. The number of hydrogen-bond donors (Lipinski definition) is 1. The summed E-state index contributed by atoms with van der Waals surface area (Å²) in [6.07, 6.45) is 1.84. The molecule has 2 rings (SSSR count). The maximum Gasteiger partial charge on any atom is 0.119 e. The summed E-state index contributed by atoms with van der Waals surface area (Å²) in [5.41, 5.74) is 1.63. The molecular formula is C14H18ClN3O2. The van der Waals surface area contributed by atoms with Gasteiger partial charge in [0.25, 0.3) is 0 Å². The first-order valence-electron chi connectivity index (χ1n) is 6.65. The monoisotopic (exact) mass is 295 g/mol. The Kier molecular flexibility index (Phi) is 5.38. The molecule has 1 N–H and O–H groups in total. The molecule has 2 aromatic rings. The highest BCUT2D eigenvalue weighted by atomic mass is 35.5. The third-order valence-electron chi connectivity index (χ3n) is 2.94. The fraction of sp³-hybridized carbons (Fsp3) is 0.429. The minimum atomic E-state index is -0.0760. The van der Waals surface area contributed by atoms with Gasteiger partial charge in [-0.3, -0.25) is 0 Å². The van der Waals surface area contributed by atoms with Crippen molar-refractivity contribution in [1.82, 2.24) is 15.0 Å². The predicted octanol–water partition coefficient (Wildman–Crippen LogP) is 2.46. The normalized spacial score (nSPS) is 10.8. The van der Waals surface area contributed by atoms with Gasteiger partial charge in [-0.25, -0.2) is 4.68 Å². The Morgan fingerprint density at radius 2 is 2.05 bits per heavy atom. The smallest absolute Gasteiger partial charge is 0.119 e. The van der Waals surface area contributed by atoms with Crippen LogP contribution in [0.2, 0.25) is 5.02 Å². The first-order valence-corrected chi connectivity index (χ1v) is 7.02. The molecule has 0 aliphatic carbocycles. The molecule has 0 radical (unpaired) electrons. The summed E-state index contributed by atoms with van der Waals surface area (Å²) in [6, 6.07) is 7.24. The van der Waals surface area contributed by atoms with E-state index in [-0.39, 0.29) is 6.61 Å². The van der Waals surface area contributed by atoms with Crippen LogP contribution in [0.5, 0.6) is 5.75 Å². The quantitative estimate of drug-likeness (QED) is 0.852. The van der Waals surface area contributed by atoms with E-state index in [9.17, 15) is 5.11 Å². The second kappa shape index (κ2) is 7.26. The van der Waals surface area contributed by atoms with Crippen LogP contribution in [0.15, 0.2) is 24.3 Å². The van der Waals surface area contributed by atoms with Crippen LogP contribution in [0.3, 0.4) is 0 Å². The van der Waals surface area contributed by atoms with Gasteiger partial charge in [-0.05, 0) is 30.7 Å². The minimum absolute atomic E-state index is 0.0760. The zero-order valence-electron chi connectivity index (χ0n) is 11.4. The van der Waals surface area contributed by atoms with Gasteiger partial charge in [-0.2, -0.15) is 0 Å². The molecule has 20 heavy (non-hydrogen) atoms. The molecule has 108 valence electrons. The summed E-state index contributed by atoms with van der Waals surface area (Å²) in [5.74, 6) is 0.772. The number of halogens is 1. The molecule has 5 nitrogen and oxygen atoms in total. The van der Waals surface area contributed by atoms with Gasteiger partial charge in [0.1, 0.15) is 18.1 Å². The fourth-order valence-corrected chi connectivity index (χ4v) is 2.09. The number of aromatic nitrogens is 3. The van der Waals surface area contributed by atoms with Crippen molar-refractivity contribution in [3.63, 3.8) is 0 Å². The van der Waals surface area contributed by atoms with Crippen molar-refractivity contribution in [2.24, 2.45) is 0 Å². The summed E-state index contributed by atoms with van der Waals surface area (Å²) in [7, 11) is 0. The first-order chi connectivity index (χ1) is 9.74. The summed E-state index contributed by atoms with van der Waals surface area (Å²) in [4.78, 5) is 0. The van der Waals surface area contributed by atoms with Crippen molar-refractivity contribution in [3.8, 4) is 5.75 Å². The second-order valence-corrected chi connectivity index (χ2v) is 4.85. The van der Waals surface area contributed by atoms with E-state index in [1.54, 1.807) is 16.8 Å². The summed E-state index contributed by atoms with van der Waals surface area (Å²) >= 11 is 5.81. The largest absolute Gasteiger partial charge is 0.492 e. The van der Waals surface area contributed by atoms with Crippen LogP contribution in [0.1, 0.15) is 24.7 Å². The summed E-state index contributed by atoms with van der Waals surface area (Å²) < 4.78 is 7.43. The van der Waals surface area contributed by atoms with Gasteiger partial charge in [0.15, 0.2) is 0 Å². The molecule has 0 saturated carbocycles. The molecule has 0 amide bonds. The molecule has 6 heteroatoms. The van der Waals surface area contributed by atoms with Gasteiger partial charge in [0.05, 0.1) is 18.8 Å². The highest BCUT2D eigenvalue weighted by Gasteiger charge is 2.10. The molecule has 1 aromatic heterocycles. The standard InChI is InChI=1S/C14H18ClN3O2/c1-2-3-14-13(10-19)16-17-18(14)8-9-20-12-6-4-11(15)5-7-12/h4-7,19H,2-3,8-10H2,1H3. The van der Waals surface area contributed by atoms with Crippen molar-refractivity contribution in [1.29, 1.82) is 0 Å². The summed E-state index contributed by atoms with van der Waals surface area (Å²) in [5, 5.41) is 18.0. The lowest BCUT2D eigenvalue weighted by Gasteiger charge is -2.08. The van der Waals surface area contributed by atoms with Gasteiger partial charge in [-0.1, -0.05) is 30.2 Å². The van der Waals surface area contributed by atoms with Crippen molar-refractivity contribution in [2.45, 2.75) is 32.9 Å². The third-order valence-corrected chi connectivity index (χ3v) is 3.19. The number of hydrogen-bond acceptors (Lipinski definition) is 4. The molecule has 0 fully saturated rings. The Hall–Kier alpha value is -1.59. The van der Waals surface area contributed by atoms with E-state index >= 15 is 0 Å². The highest BCUT2D eigenvalue weighted by molar-refractivity contribution is 6.30. The van der Waals surface area contributed by atoms with Crippen LogP contribution in [-0.2, 0) is 19.6 Å². The lowest BCUT2D eigenvalue weighted by molar-refractivity contribution is 0.274. The number of benzene rings is 1. The van der Waals surface area contributed by atoms with Gasteiger partial charge >= 0.3 is 0 Å². The molecule has 0 atom stereocenters. The average molecular weight is 296 g/mol. The Bertz CT molecular complexity index is 540. The topological polar surface area (TPSA) is 60.2 Å². The number of aliphatic hydroxyl groups is 1. The van der Waals surface area contributed by atoms with Crippen LogP contribution < -0.4 is 4.74 Å². The number of ether oxygens (including phenoxy) is 1. The Labute approximate surface area is 123 Å². The molecular weight excluding hydrogens is 278 g/mol. The van der Waals surface area contributed by atoms with E-state index in [2.05, 4.69) is 17.2 Å². The predicted molar refractivity (Wildman–Crippen MR) is 76.9 cm³/mol. The molecule has 1 heterocycles. The van der Waals surface area contributed by atoms with Gasteiger partial charge in [0.2, 0.25) is 0 Å². The molecule has 0 unspecified atom stereocenters. The van der Waals surface area contributed by atoms with Crippen molar-refractivity contribution >= 4 is 11.6 Å². The van der Waals surface area contributed by atoms with E-state index in [1.807, 2.05) is 12.1 Å². The van der Waals surface area contributed by atoms with Crippen LogP contribution in [-0.4, -0.2) is 26.7 Å². The SMILES string of the molecule is CCCc1c(CO)nnn1CCOc1ccc(Cl)cc1. The molecule has 0 aliphatic heterocycles. The lowest BCUT2D eigenvalue weighted by Crippen LogP contribution is -2.13. The number of nitrogens with zero attached hydrogens (tertiary/aromatic N) is 3. The fourth-order valence-electron chi connectivity index (χ4n) is 1.96. The number of rotatable bonds is 7. The van der Waals surface area contributed by atoms with Crippen LogP contribution in [0.4, 0.5) is 0 Å². The Balaban J connectivity index is 1.93. The van der Waals surface area contributed by atoms with Gasteiger partial charge in [0, 0.05) is 5.02 Å². The van der Waals surface area contributed by atoms with E-state index in [0.717, 1.165) is 24.3 Å². The van der Waals surface area contributed by atoms with Gasteiger partial charge < -0.3 is 9.84 Å². The van der Waals surface area contributed by atoms with Crippen LogP contribution in [0.25, 0.3) is 0 Å². The molecule has 0 aliphatic rings.